The zero-order chi connectivity index (χ0) is 14.0. The third-order valence-corrected chi connectivity index (χ3v) is 4.47. The maximum atomic E-state index is 3.23. The molecule has 0 saturated carbocycles. The zero-order valence-corrected chi connectivity index (χ0v) is 13.1. The Labute approximate surface area is 118 Å². The molecule has 1 aliphatic rings. The molecule has 1 atom stereocenters. The van der Waals surface area contributed by atoms with Gasteiger partial charge in [-0.15, -0.1) is 0 Å². The van der Waals surface area contributed by atoms with E-state index < -0.39 is 0 Å². The summed E-state index contributed by atoms with van der Waals surface area (Å²) in [5.74, 6) is 0.810. The van der Waals surface area contributed by atoms with E-state index in [0.29, 0.717) is 5.41 Å². The van der Waals surface area contributed by atoms with Crippen molar-refractivity contribution in [2.24, 2.45) is 11.3 Å². The van der Waals surface area contributed by atoms with Crippen molar-refractivity contribution in [2.75, 3.05) is 25.0 Å². The molecule has 1 aromatic rings. The van der Waals surface area contributed by atoms with Crippen LogP contribution in [0.2, 0.25) is 0 Å². The number of anilines is 1. The Kier molecular flexibility index (Phi) is 4.19. The lowest BCUT2D eigenvalue weighted by atomic mass is 9.80. The van der Waals surface area contributed by atoms with Gasteiger partial charge in [-0.2, -0.15) is 0 Å². The predicted octanol–water partition coefficient (Wildman–Crippen LogP) is 3.59. The average Bonchev–Trinajstić information content (AvgIpc) is 2.81. The first kappa shape index (κ1) is 14.4. The molecule has 1 N–H and O–H groups in total. The summed E-state index contributed by atoms with van der Waals surface area (Å²) < 4.78 is 0. The largest absolute Gasteiger partial charge is 0.371 e. The summed E-state index contributed by atoms with van der Waals surface area (Å²) in [5, 5.41) is 3.23. The van der Waals surface area contributed by atoms with Crippen molar-refractivity contribution in [2.45, 2.75) is 40.7 Å². The molecule has 1 unspecified atom stereocenters. The van der Waals surface area contributed by atoms with Crippen LogP contribution in [0.1, 0.15) is 38.3 Å². The van der Waals surface area contributed by atoms with Crippen molar-refractivity contribution in [3.63, 3.8) is 0 Å². The molecule has 0 radical (unpaired) electrons. The number of hydrogen-bond acceptors (Lipinski definition) is 2. The van der Waals surface area contributed by atoms with Crippen LogP contribution in [0.5, 0.6) is 0 Å². The minimum Gasteiger partial charge on any atom is -0.371 e. The Morgan fingerprint density at radius 1 is 1.32 bits per heavy atom. The highest BCUT2D eigenvalue weighted by atomic mass is 15.2. The topological polar surface area (TPSA) is 15.3 Å². The molecule has 2 nitrogen and oxygen atoms in total. The number of rotatable bonds is 3. The molecule has 1 aliphatic heterocycles. The quantitative estimate of drug-likeness (QED) is 0.893. The zero-order valence-electron chi connectivity index (χ0n) is 13.1. The standard InChI is InChI=1S/C17H28N2/c1-13-10-16(7-6-14(13)11-18-5)19-9-8-15(12-19)17(2,3)4/h6-7,10,15,18H,8-9,11-12H2,1-5H3. The van der Waals surface area contributed by atoms with Crippen LogP contribution >= 0.6 is 0 Å². The lowest BCUT2D eigenvalue weighted by molar-refractivity contribution is 0.263. The van der Waals surface area contributed by atoms with Crippen molar-refractivity contribution in [3.8, 4) is 0 Å². The molecule has 0 amide bonds. The van der Waals surface area contributed by atoms with Crippen molar-refractivity contribution in [3.05, 3.63) is 29.3 Å². The second kappa shape index (κ2) is 5.54. The third kappa shape index (κ3) is 3.30. The van der Waals surface area contributed by atoms with Gasteiger partial charge in [0.15, 0.2) is 0 Å². The number of nitrogens with zero attached hydrogens (tertiary/aromatic N) is 1. The Bertz CT molecular complexity index is 431. The minimum atomic E-state index is 0.426. The van der Waals surface area contributed by atoms with E-state index in [0.717, 1.165) is 12.5 Å². The Balaban J connectivity index is 2.10. The summed E-state index contributed by atoms with van der Waals surface area (Å²) in [6.45, 7) is 12.7. The van der Waals surface area contributed by atoms with E-state index >= 15 is 0 Å². The van der Waals surface area contributed by atoms with E-state index in [-0.39, 0.29) is 0 Å². The molecule has 19 heavy (non-hydrogen) atoms. The van der Waals surface area contributed by atoms with E-state index in [2.05, 4.69) is 56.1 Å². The van der Waals surface area contributed by atoms with Crippen LogP contribution in [0.3, 0.4) is 0 Å². The summed E-state index contributed by atoms with van der Waals surface area (Å²) in [6, 6.07) is 6.90. The molecule has 0 aromatic heterocycles. The van der Waals surface area contributed by atoms with Gasteiger partial charge < -0.3 is 10.2 Å². The van der Waals surface area contributed by atoms with Crippen molar-refractivity contribution >= 4 is 5.69 Å². The van der Waals surface area contributed by atoms with Crippen LogP contribution in [-0.2, 0) is 6.54 Å². The minimum absolute atomic E-state index is 0.426. The SMILES string of the molecule is CNCc1ccc(N2CCC(C(C)(C)C)C2)cc1C. The van der Waals surface area contributed by atoms with Gasteiger partial charge in [0.05, 0.1) is 0 Å². The van der Waals surface area contributed by atoms with Crippen LogP contribution in [0.25, 0.3) is 0 Å². The average molecular weight is 260 g/mol. The highest BCUT2D eigenvalue weighted by Crippen LogP contribution is 2.35. The fourth-order valence-corrected chi connectivity index (χ4v) is 2.97. The Hall–Kier alpha value is -1.02. The number of hydrogen-bond donors (Lipinski definition) is 1. The van der Waals surface area contributed by atoms with Gasteiger partial charge in [0, 0.05) is 25.3 Å². The van der Waals surface area contributed by atoms with Crippen molar-refractivity contribution in [1.82, 2.24) is 5.32 Å². The molecular weight excluding hydrogens is 232 g/mol. The van der Waals surface area contributed by atoms with Gasteiger partial charge in [0.1, 0.15) is 0 Å². The van der Waals surface area contributed by atoms with E-state index in [4.69, 9.17) is 0 Å². The summed E-state index contributed by atoms with van der Waals surface area (Å²) in [5.41, 5.74) is 4.61. The summed E-state index contributed by atoms with van der Waals surface area (Å²) >= 11 is 0. The van der Waals surface area contributed by atoms with Gasteiger partial charge >= 0.3 is 0 Å². The molecule has 1 fully saturated rings. The van der Waals surface area contributed by atoms with Crippen LogP contribution in [0.15, 0.2) is 18.2 Å². The molecule has 1 heterocycles. The van der Waals surface area contributed by atoms with Crippen LogP contribution < -0.4 is 10.2 Å². The monoisotopic (exact) mass is 260 g/mol. The van der Waals surface area contributed by atoms with E-state index in [9.17, 15) is 0 Å². The molecule has 0 aliphatic carbocycles. The lowest BCUT2D eigenvalue weighted by Crippen LogP contribution is -2.25. The van der Waals surface area contributed by atoms with Gasteiger partial charge in [-0.05, 0) is 55.0 Å². The third-order valence-electron chi connectivity index (χ3n) is 4.47. The highest BCUT2D eigenvalue weighted by Gasteiger charge is 2.31. The molecule has 0 spiro atoms. The van der Waals surface area contributed by atoms with E-state index in [1.165, 1.54) is 36.3 Å². The fraction of sp³-hybridized carbons (Fsp3) is 0.647. The molecule has 2 rings (SSSR count). The lowest BCUT2D eigenvalue weighted by Gasteiger charge is -2.27. The second-order valence-electron chi connectivity index (χ2n) is 6.94. The Morgan fingerprint density at radius 3 is 2.58 bits per heavy atom. The summed E-state index contributed by atoms with van der Waals surface area (Å²) in [6.07, 6.45) is 1.32. The van der Waals surface area contributed by atoms with Gasteiger partial charge in [0.25, 0.3) is 0 Å². The molecular formula is C17H28N2. The molecule has 106 valence electrons. The van der Waals surface area contributed by atoms with Crippen LogP contribution in [0, 0.1) is 18.3 Å². The highest BCUT2D eigenvalue weighted by molar-refractivity contribution is 5.51. The Morgan fingerprint density at radius 2 is 2.05 bits per heavy atom. The number of aryl methyl sites for hydroxylation is 1. The fourth-order valence-electron chi connectivity index (χ4n) is 2.97. The number of nitrogens with one attached hydrogen (secondary N) is 1. The maximum absolute atomic E-state index is 3.23. The van der Waals surface area contributed by atoms with Gasteiger partial charge in [-0.3, -0.25) is 0 Å². The molecule has 1 saturated heterocycles. The first-order chi connectivity index (χ1) is 8.91. The van der Waals surface area contributed by atoms with E-state index in [1.54, 1.807) is 0 Å². The van der Waals surface area contributed by atoms with Gasteiger partial charge in [0.2, 0.25) is 0 Å². The van der Waals surface area contributed by atoms with E-state index in [1.807, 2.05) is 7.05 Å². The first-order valence-corrected chi connectivity index (χ1v) is 7.41. The summed E-state index contributed by atoms with van der Waals surface area (Å²) in [4.78, 5) is 2.55. The normalized spacial score (nSPS) is 20.1. The second-order valence-corrected chi connectivity index (χ2v) is 6.94. The molecule has 2 heteroatoms. The number of benzene rings is 1. The smallest absolute Gasteiger partial charge is 0.0369 e. The van der Waals surface area contributed by atoms with Crippen LogP contribution in [-0.4, -0.2) is 20.1 Å². The first-order valence-electron chi connectivity index (χ1n) is 7.41. The van der Waals surface area contributed by atoms with Crippen molar-refractivity contribution < 1.29 is 0 Å². The van der Waals surface area contributed by atoms with Crippen LogP contribution in [0.4, 0.5) is 5.69 Å². The molecule has 1 aromatic carbocycles. The molecule has 0 bridgehead atoms. The summed E-state index contributed by atoms with van der Waals surface area (Å²) in [7, 11) is 2.00. The maximum Gasteiger partial charge on any atom is 0.0369 e. The van der Waals surface area contributed by atoms with Crippen molar-refractivity contribution in [1.29, 1.82) is 0 Å². The van der Waals surface area contributed by atoms with Gasteiger partial charge in [-0.1, -0.05) is 26.8 Å². The van der Waals surface area contributed by atoms with Gasteiger partial charge in [-0.25, -0.2) is 0 Å². The predicted molar refractivity (Wildman–Crippen MR) is 83.7 cm³/mol.